The summed E-state index contributed by atoms with van der Waals surface area (Å²) in [5, 5.41) is 3.70. The standard InChI is InChI=1S/C18H28N2O/c1-2-16-14-20(11-10-17-9-6-12-21-17)18(13-19-16)15-7-4-3-5-8-15/h3-5,7-8,16-19H,2,6,9-14H2,1H3. The summed E-state index contributed by atoms with van der Waals surface area (Å²) in [4.78, 5) is 2.67. The molecule has 2 aliphatic heterocycles. The molecule has 0 amide bonds. The monoisotopic (exact) mass is 288 g/mol. The quantitative estimate of drug-likeness (QED) is 0.901. The van der Waals surface area contributed by atoms with E-state index in [1.165, 1.54) is 31.2 Å². The van der Waals surface area contributed by atoms with Crippen LogP contribution in [0.4, 0.5) is 0 Å². The van der Waals surface area contributed by atoms with Gasteiger partial charge in [-0.2, -0.15) is 0 Å². The van der Waals surface area contributed by atoms with Crippen molar-refractivity contribution in [3.63, 3.8) is 0 Å². The van der Waals surface area contributed by atoms with E-state index < -0.39 is 0 Å². The van der Waals surface area contributed by atoms with Gasteiger partial charge in [-0.25, -0.2) is 0 Å². The molecule has 2 saturated heterocycles. The minimum absolute atomic E-state index is 0.497. The van der Waals surface area contributed by atoms with Gasteiger partial charge in [0, 0.05) is 38.3 Å². The van der Waals surface area contributed by atoms with Gasteiger partial charge in [-0.3, -0.25) is 4.90 Å². The molecule has 3 heteroatoms. The molecule has 116 valence electrons. The topological polar surface area (TPSA) is 24.5 Å². The summed E-state index contributed by atoms with van der Waals surface area (Å²) in [6.45, 7) is 6.62. The van der Waals surface area contributed by atoms with Gasteiger partial charge < -0.3 is 10.1 Å². The van der Waals surface area contributed by atoms with Crippen LogP contribution in [0, 0.1) is 0 Å². The number of hydrogen-bond donors (Lipinski definition) is 1. The lowest BCUT2D eigenvalue weighted by atomic mass is 9.99. The molecule has 21 heavy (non-hydrogen) atoms. The van der Waals surface area contributed by atoms with E-state index in [1.807, 2.05) is 0 Å². The summed E-state index contributed by atoms with van der Waals surface area (Å²) >= 11 is 0. The average Bonchev–Trinajstić information content (AvgIpc) is 3.07. The molecule has 0 saturated carbocycles. The predicted molar refractivity (Wildman–Crippen MR) is 86.4 cm³/mol. The fourth-order valence-corrected chi connectivity index (χ4v) is 3.59. The summed E-state index contributed by atoms with van der Waals surface area (Å²) in [6.07, 6.45) is 5.37. The second kappa shape index (κ2) is 7.39. The molecule has 1 aromatic rings. The number of nitrogens with one attached hydrogen (secondary N) is 1. The van der Waals surface area contributed by atoms with Gasteiger partial charge in [-0.1, -0.05) is 37.3 Å². The highest BCUT2D eigenvalue weighted by atomic mass is 16.5. The lowest BCUT2D eigenvalue weighted by Gasteiger charge is -2.41. The summed E-state index contributed by atoms with van der Waals surface area (Å²) in [7, 11) is 0. The molecule has 0 bridgehead atoms. The van der Waals surface area contributed by atoms with E-state index in [4.69, 9.17) is 4.74 Å². The van der Waals surface area contributed by atoms with E-state index in [9.17, 15) is 0 Å². The summed E-state index contributed by atoms with van der Waals surface area (Å²) < 4.78 is 5.80. The Morgan fingerprint density at radius 2 is 2.14 bits per heavy atom. The molecular weight excluding hydrogens is 260 g/mol. The highest BCUT2D eigenvalue weighted by Crippen LogP contribution is 2.26. The second-order valence-corrected chi connectivity index (χ2v) is 6.36. The summed E-state index contributed by atoms with van der Waals surface area (Å²) in [5.41, 5.74) is 1.44. The zero-order valence-corrected chi connectivity index (χ0v) is 13.1. The summed E-state index contributed by atoms with van der Waals surface area (Å²) in [5.74, 6) is 0. The smallest absolute Gasteiger partial charge is 0.0588 e. The second-order valence-electron chi connectivity index (χ2n) is 6.36. The molecule has 3 nitrogen and oxygen atoms in total. The first-order valence-corrected chi connectivity index (χ1v) is 8.50. The molecule has 3 rings (SSSR count). The molecule has 2 heterocycles. The molecule has 0 spiro atoms. The Balaban J connectivity index is 1.64. The van der Waals surface area contributed by atoms with Crippen LogP contribution in [-0.4, -0.2) is 43.3 Å². The third-order valence-corrected chi connectivity index (χ3v) is 4.93. The van der Waals surface area contributed by atoms with Crippen LogP contribution in [0.5, 0.6) is 0 Å². The van der Waals surface area contributed by atoms with Gasteiger partial charge in [0.15, 0.2) is 0 Å². The van der Waals surface area contributed by atoms with E-state index in [-0.39, 0.29) is 0 Å². The molecule has 2 fully saturated rings. The van der Waals surface area contributed by atoms with Gasteiger partial charge in [-0.05, 0) is 31.2 Å². The average molecular weight is 288 g/mol. The highest BCUT2D eigenvalue weighted by Gasteiger charge is 2.28. The molecular formula is C18H28N2O. The van der Waals surface area contributed by atoms with Crippen molar-refractivity contribution in [3.05, 3.63) is 35.9 Å². The van der Waals surface area contributed by atoms with E-state index in [2.05, 4.69) is 47.5 Å². The molecule has 0 aromatic heterocycles. The van der Waals surface area contributed by atoms with Crippen LogP contribution < -0.4 is 5.32 Å². The van der Waals surface area contributed by atoms with Crippen molar-refractivity contribution in [1.29, 1.82) is 0 Å². The third kappa shape index (κ3) is 3.85. The van der Waals surface area contributed by atoms with Crippen LogP contribution in [0.25, 0.3) is 0 Å². The van der Waals surface area contributed by atoms with Gasteiger partial charge >= 0.3 is 0 Å². The first-order chi connectivity index (χ1) is 10.4. The fraction of sp³-hybridized carbons (Fsp3) is 0.667. The number of nitrogens with zero attached hydrogens (tertiary/aromatic N) is 1. The van der Waals surface area contributed by atoms with Crippen molar-refractivity contribution < 1.29 is 4.74 Å². The SMILES string of the molecule is CCC1CN(CCC2CCCO2)C(c2ccccc2)CN1. The zero-order chi connectivity index (χ0) is 14.5. The number of benzene rings is 1. The van der Waals surface area contributed by atoms with Gasteiger partial charge in [0.2, 0.25) is 0 Å². The number of hydrogen-bond acceptors (Lipinski definition) is 3. The van der Waals surface area contributed by atoms with Crippen molar-refractivity contribution in [2.75, 3.05) is 26.2 Å². The minimum atomic E-state index is 0.497. The van der Waals surface area contributed by atoms with Gasteiger partial charge in [0.05, 0.1) is 6.10 Å². The normalized spacial score (nSPS) is 30.6. The Labute approximate surface area is 128 Å². The van der Waals surface area contributed by atoms with E-state index in [0.717, 1.165) is 26.2 Å². The van der Waals surface area contributed by atoms with Crippen molar-refractivity contribution in [1.82, 2.24) is 10.2 Å². The maximum Gasteiger partial charge on any atom is 0.0588 e. The Bertz CT molecular complexity index is 416. The maximum atomic E-state index is 5.80. The van der Waals surface area contributed by atoms with Crippen LogP contribution in [0.15, 0.2) is 30.3 Å². The van der Waals surface area contributed by atoms with Crippen LogP contribution in [-0.2, 0) is 4.74 Å². The van der Waals surface area contributed by atoms with Crippen molar-refractivity contribution in [2.45, 2.75) is 50.8 Å². The van der Waals surface area contributed by atoms with Crippen LogP contribution in [0.2, 0.25) is 0 Å². The van der Waals surface area contributed by atoms with E-state index in [0.29, 0.717) is 18.2 Å². The molecule has 1 aromatic carbocycles. The summed E-state index contributed by atoms with van der Waals surface area (Å²) in [6, 6.07) is 12.1. The first kappa shape index (κ1) is 15.0. The molecule has 3 unspecified atom stereocenters. The largest absolute Gasteiger partial charge is 0.378 e. The highest BCUT2D eigenvalue weighted by molar-refractivity contribution is 5.20. The van der Waals surface area contributed by atoms with E-state index >= 15 is 0 Å². The van der Waals surface area contributed by atoms with Crippen molar-refractivity contribution in [3.8, 4) is 0 Å². The molecule has 3 atom stereocenters. The van der Waals surface area contributed by atoms with Crippen molar-refractivity contribution >= 4 is 0 Å². The Hall–Kier alpha value is -0.900. The number of piperazine rings is 1. The van der Waals surface area contributed by atoms with Gasteiger partial charge in [0.25, 0.3) is 0 Å². The predicted octanol–water partition coefficient (Wildman–Crippen LogP) is 2.98. The zero-order valence-electron chi connectivity index (χ0n) is 13.1. The number of rotatable bonds is 5. The fourth-order valence-electron chi connectivity index (χ4n) is 3.59. The van der Waals surface area contributed by atoms with Gasteiger partial charge in [-0.15, -0.1) is 0 Å². The molecule has 1 N–H and O–H groups in total. The lowest BCUT2D eigenvalue weighted by Crippen LogP contribution is -2.52. The first-order valence-electron chi connectivity index (χ1n) is 8.50. The van der Waals surface area contributed by atoms with Crippen molar-refractivity contribution in [2.24, 2.45) is 0 Å². The molecule has 0 radical (unpaired) electrons. The minimum Gasteiger partial charge on any atom is -0.378 e. The Kier molecular flexibility index (Phi) is 5.28. The lowest BCUT2D eigenvalue weighted by molar-refractivity contribution is 0.0701. The maximum absolute atomic E-state index is 5.80. The van der Waals surface area contributed by atoms with Crippen LogP contribution >= 0.6 is 0 Å². The van der Waals surface area contributed by atoms with Crippen LogP contribution in [0.1, 0.15) is 44.2 Å². The number of ether oxygens (including phenoxy) is 1. The molecule has 2 aliphatic rings. The third-order valence-electron chi connectivity index (χ3n) is 4.93. The van der Waals surface area contributed by atoms with E-state index in [1.54, 1.807) is 0 Å². The van der Waals surface area contributed by atoms with Gasteiger partial charge in [0.1, 0.15) is 0 Å². The Morgan fingerprint density at radius 1 is 1.29 bits per heavy atom. The molecule has 0 aliphatic carbocycles. The Morgan fingerprint density at radius 3 is 2.86 bits per heavy atom. The van der Waals surface area contributed by atoms with Crippen LogP contribution in [0.3, 0.4) is 0 Å².